The summed E-state index contributed by atoms with van der Waals surface area (Å²) >= 11 is 0. The highest BCUT2D eigenvalue weighted by Gasteiger charge is 2.19. The Morgan fingerprint density at radius 2 is 1.75 bits per heavy atom. The van der Waals surface area contributed by atoms with Crippen molar-refractivity contribution in [2.45, 2.75) is 38.3 Å². The minimum absolute atomic E-state index is 0.798. The van der Waals surface area contributed by atoms with Gasteiger partial charge in [0.05, 0.1) is 8.07 Å². The molecule has 2 heteroatoms. The van der Waals surface area contributed by atoms with E-state index in [0.29, 0.717) is 0 Å². The zero-order valence-electron chi connectivity index (χ0n) is 6.36. The molecule has 0 rings (SSSR count). The third-order valence-corrected chi connectivity index (χ3v) is 7.66. The highest BCUT2D eigenvalue weighted by molar-refractivity contribution is 7.25. The van der Waals surface area contributed by atoms with Crippen LogP contribution in [0.3, 0.4) is 0 Å². The summed E-state index contributed by atoms with van der Waals surface area (Å²) in [6, 6.07) is 0. The second-order valence-corrected chi connectivity index (χ2v) is 10.3. The monoisotopic (exact) mass is 148 g/mol. The van der Waals surface area contributed by atoms with E-state index in [1.807, 2.05) is 0 Å². The second-order valence-electron chi connectivity index (χ2n) is 3.38. The summed E-state index contributed by atoms with van der Waals surface area (Å²) < 4.78 is 0. The van der Waals surface area contributed by atoms with Crippen LogP contribution in [0.25, 0.3) is 0 Å². The van der Waals surface area contributed by atoms with Gasteiger partial charge in [0.2, 0.25) is 0 Å². The minimum Gasteiger partial charge on any atom is -0.137 e. The van der Waals surface area contributed by atoms with Gasteiger partial charge in [0.1, 0.15) is 0 Å². The van der Waals surface area contributed by atoms with Crippen molar-refractivity contribution < 1.29 is 0 Å². The molecule has 0 saturated carbocycles. The number of rotatable bonds is 2. The zero-order valence-corrected chi connectivity index (χ0v) is 8.52. The fourth-order valence-corrected chi connectivity index (χ4v) is 1.84. The Hall–Kier alpha value is 0.647. The van der Waals surface area contributed by atoms with Crippen LogP contribution in [0.1, 0.15) is 13.3 Å². The first-order valence-corrected chi connectivity index (χ1v) is 7.48. The van der Waals surface area contributed by atoms with Gasteiger partial charge in [0.15, 0.2) is 0 Å². The van der Waals surface area contributed by atoms with Gasteiger partial charge in [-0.3, -0.25) is 0 Å². The van der Waals surface area contributed by atoms with E-state index >= 15 is 0 Å². The molecule has 0 aliphatic rings. The maximum absolute atomic E-state index is 2.94. The maximum atomic E-state index is 2.94. The van der Waals surface area contributed by atoms with Crippen molar-refractivity contribution in [3.8, 4) is 0 Å². The first-order chi connectivity index (χ1) is 3.48. The van der Waals surface area contributed by atoms with Crippen molar-refractivity contribution in [1.29, 1.82) is 0 Å². The molecule has 0 saturated heterocycles. The van der Waals surface area contributed by atoms with Crippen LogP contribution in [0.4, 0.5) is 0 Å². The maximum Gasteiger partial charge on any atom is 0.0513 e. The van der Waals surface area contributed by atoms with Crippen molar-refractivity contribution in [2.75, 3.05) is 0 Å². The van der Waals surface area contributed by atoms with E-state index in [0.717, 1.165) is 5.28 Å². The Labute approximate surface area is 56.3 Å². The Bertz CT molecular complexity index is 65.4. The van der Waals surface area contributed by atoms with E-state index in [-0.39, 0.29) is 0 Å². The fraction of sp³-hybridized carbons (Fsp3) is 1.00. The predicted molar refractivity (Wildman–Crippen MR) is 47.1 cm³/mol. The van der Waals surface area contributed by atoms with Gasteiger partial charge in [0.25, 0.3) is 0 Å². The molecule has 0 radical (unpaired) electrons. The number of hydrogen-bond donors (Lipinski definition) is 0. The molecule has 0 aromatic rings. The lowest BCUT2D eigenvalue weighted by Crippen LogP contribution is -2.32. The average Bonchev–Trinajstić information content (AvgIpc) is 1.62. The van der Waals surface area contributed by atoms with Crippen LogP contribution < -0.4 is 0 Å². The lowest BCUT2D eigenvalue weighted by Gasteiger charge is -2.22. The third kappa shape index (κ3) is 2.83. The summed E-state index contributed by atoms with van der Waals surface area (Å²) in [5.41, 5.74) is 0. The third-order valence-electron chi connectivity index (χ3n) is 1.55. The Balaban J connectivity index is 3.62. The Morgan fingerprint density at radius 3 is 1.75 bits per heavy atom. The molecule has 8 heavy (non-hydrogen) atoms. The first-order valence-electron chi connectivity index (χ1n) is 3.24. The van der Waals surface area contributed by atoms with Gasteiger partial charge in [-0.25, -0.2) is 0 Å². The van der Waals surface area contributed by atoms with E-state index < -0.39 is 8.07 Å². The normalized spacial score (nSPS) is 16.1. The molecular formula is C6H17PSi. The lowest BCUT2D eigenvalue weighted by atomic mass is 10.6. The molecule has 0 fully saturated rings. The van der Waals surface area contributed by atoms with Crippen LogP contribution >= 0.6 is 9.24 Å². The molecule has 0 aromatic heterocycles. The van der Waals surface area contributed by atoms with Crippen molar-refractivity contribution in [3.05, 3.63) is 0 Å². The second kappa shape index (κ2) is 2.98. The van der Waals surface area contributed by atoms with E-state index in [4.69, 9.17) is 0 Å². The first kappa shape index (κ1) is 8.65. The van der Waals surface area contributed by atoms with E-state index in [9.17, 15) is 0 Å². The molecule has 2 atom stereocenters. The van der Waals surface area contributed by atoms with Crippen molar-refractivity contribution in [2.24, 2.45) is 0 Å². The smallest absolute Gasteiger partial charge is 0.0513 e. The molecule has 50 valence electrons. The molecular weight excluding hydrogens is 131 g/mol. The highest BCUT2D eigenvalue weighted by atomic mass is 31.0. The van der Waals surface area contributed by atoms with Crippen LogP contribution in [0.15, 0.2) is 0 Å². The van der Waals surface area contributed by atoms with Gasteiger partial charge in [-0.2, -0.15) is 0 Å². The highest BCUT2D eigenvalue weighted by Crippen LogP contribution is 2.18. The predicted octanol–water partition coefficient (Wildman–Crippen LogP) is 2.52. The lowest BCUT2D eigenvalue weighted by molar-refractivity contribution is 1.01. The summed E-state index contributed by atoms with van der Waals surface area (Å²) in [4.78, 5) is 0. The van der Waals surface area contributed by atoms with E-state index in [1.165, 1.54) is 6.42 Å². The van der Waals surface area contributed by atoms with Crippen molar-refractivity contribution >= 4 is 17.3 Å². The summed E-state index contributed by atoms with van der Waals surface area (Å²) in [5.74, 6) is 0. The van der Waals surface area contributed by atoms with Crippen molar-refractivity contribution in [1.82, 2.24) is 0 Å². The minimum atomic E-state index is -0.798. The molecule has 0 bridgehead atoms. The topological polar surface area (TPSA) is 0 Å². The molecule has 0 N–H and O–H groups in total. The summed E-state index contributed by atoms with van der Waals surface area (Å²) in [6.07, 6.45) is 1.32. The van der Waals surface area contributed by atoms with Crippen LogP contribution in [0, 0.1) is 0 Å². The van der Waals surface area contributed by atoms with Gasteiger partial charge in [-0.15, -0.1) is 9.24 Å². The van der Waals surface area contributed by atoms with Crippen LogP contribution in [-0.2, 0) is 0 Å². The van der Waals surface area contributed by atoms with Gasteiger partial charge in [-0.1, -0.05) is 33.0 Å². The molecule has 0 spiro atoms. The fourth-order valence-electron chi connectivity index (χ4n) is 0.612. The molecule has 0 amide bonds. The number of hydrogen-bond acceptors (Lipinski definition) is 0. The van der Waals surface area contributed by atoms with E-state index in [1.54, 1.807) is 0 Å². The summed E-state index contributed by atoms with van der Waals surface area (Å²) in [6.45, 7) is 9.49. The van der Waals surface area contributed by atoms with Gasteiger partial charge in [0, 0.05) is 0 Å². The largest absolute Gasteiger partial charge is 0.137 e. The molecule has 0 aliphatic heterocycles. The van der Waals surface area contributed by atoms with Gasteiger partial charge in [-0.05, 0) is 5.28 Å². The molecule has 0 nitrogen and oxygen atoms in total. The SMILES string of the molecule is CCC(P)[Si](C)(C)C. The average molecular weight is 148 g/mol. The van der Waals surface area contributed by atoms with Crippen LogP contribution in [0.5, 0.6) is 0 Å². The van der Waals surface area contributed by atoms with E-state index in [2.05, 4.69) is 35.8 Å². The quantitative estimate of drug-likeness (QED) is 0.417. The van der Waals surface area contributed by atoms with Crippen LogP contribution in [-0.4, -0.2) is 13.4 Å². The summed E-state index contributed by atoms with van der Waals surface area (Å²) in [7, 11) is 2.14. The molecule has 0 heterocycles. The molecule has 2 unspecified atom stereocenters. The standard InChI is InChI=1S/C6H17PSi/c1-5-6(7)8(2,3)4/h6H,5,7H2,1-4H3. The van der Waals surface area contributed by atoms with Crippen LogP contribution in [0.2, 0.25) is 19.6 Å². The van der Waals surface area contributed by atoms with Crippen molar-refractivity contribution in [3.63, 3.8) is 0 Å². The van der Waals surface area contributed by atoms with Gasteiger partial charge < -0.3 is 0 Å². The Morgan fingerprint density at radius 1 is 1.38 bits per heavy atom. The summed E-state index contributed by atoms with van der Waals surface area (Å²) in [5, 5.41) is 0.905. The zero-order chi connectivity index (χ0) is 6.78. The Kier molecular flexibility index (Phi) is 3.22. The molecule has 0 aromatic carbocycles. The van der Waals surface area contributed by atoms with Gasteiger partial charge >= 0.3 is 0 Å². The molecule has 0 aliphatic carbocycles.